The maximum Gasteiger partial charge on any atom is 0.265 e. The minimum atomic E-state index is -0.868. The number of phenolic OH excluding ortho intramolecular Hbond substituents is 1. The lowest BCUT2D eigenvalue weighted by molar-refractivity contribution is -0.123. The number of nitrogens with one attached hydrogen (secondary N) is 1. The van der Waals surface area contributed by atoms with Crippen molar-refractivity contribution in [3.05, 3.63) is 47.5 Å². The summed E-state index contributed by atoms with van der Waals surface area (Å²) in [6.07, 6.45) is 1.36. The molecule has 1 unspecified atom stereocenters. The van der Waals surface area contributed by atoms with Crippen molar-refractivity contribution in [2.24, 2.45) is 0 Å². The number of benzene rings is 2. The molecule has 0 bridgehead atoms. The molecule has 0 saturated heterocycles. The average Bonchev–Trinajstić information content (AvgIpc) is 2.81. The number of ether oxygens (including phenoxy) is 1. The summed E-state index contributed by atoms with van der Waals surface area (Å²) in [5, 5.41) is 12.4. The second-order valence-corrected chi connectivity index (χ2v) is 10.2. The van der Waals surface area contributed by atoms with Gasteiger partial charge in [-0.1, -0.05) is 65.1 Å². The number of aromatic hydroxyl groups is 1. The Bertz CT molecular complexity index is 1060. The summed E-state index contributed by atoms with van der Waals surface area (Å²) < 4.78 is 20.6. The van der Waals surface area contributed by atoms with Crippen LogP contribution in [-0.4, -0.2) is 23.0 Å². The highest BCUT2D eigenvalue weighted by Gasteiger charge is 2.29. The zero-order chi connectivity index (χ0) is 26.6. The van der Waals surface area contributed by atoms with Gasteiger partial charge in [0.2, 0.25) is 0 Å². The average molecular weight is 487 g/mol. The molecule has 0 spiro atoms. The van der Waals surface area contributed by atoms with Gasteiger partial charge in [0.25, 0.3) is 11.8 Å². The Morgan fingerprint density at radius 2 is 1.66 bits per heavy atom. The molecule has 6 nitrogen and oxygen atoms in total. The van der Waals surface area contributed by atoms with Crippen molar-refractivity contribution < 1.29 is 23.9 Å². The quantitative estimate of drug-likeness (QED) is 0.362. The van der Waals surface area contributed by atoms with Crippen LogP contribution in [0.5, 0.6) is 11.5 Å². The summed E-state index contributed by atoms with van der Waals surface area (Å²) in [5.41, 5.74) is 1.85. The van der Waals surface area contributed by atoms with E-state index in [9.17, 15) is 19.2 Å². The van der Waals surface area contributed by atoms with Gasteiger partial charge >= 0.3 is 0 Å². The van der Waals surface area contributed by atoms with Crippen molar-refractivity contribution in [1.82, 2.24) is 0 Å². The van der Waals surface area contributed by atoms with Crippen LogP contribution in [0.15, 0.2) is 36.4 Å². The second-order valence-electron chi connectivity index (χ2n) is 10.2. The summed E-state index contributed by atoms with van der Waals surface area (Å²) in [7, 11) is 0. The first kappa shape index (κ1) is 28.1. The van der Waals surface area contributed by atoms with Gasteiger partial charge in [-0.15, -0.1) is 5.12 Å². The molecule has 0 radical (unpaired) electrons. The number of halogens is 1. The van der Waals surface area contributed by atoms with Crippen molar-refractivity contribution in [1.29, 1.82) is 0 Å². The minimum absolute atomic E-state index is 0.000696. The third kappa shape index (κ3) is 6.53. The Balaban J connectivity index is 2.42. The molecule has 192 valence electrons. The first-order chi connectivity index (χ1) is 16.3. The Morgan fingerprint density at radius 1 is 1.03 bits per heavy atom. The van der Waals surface area contributed by atoms with E-state index in [1.807, 2.05) is 19.1 Å². The van der Waals surface area contributed by atoms with Gasteiger partial charge < -0.3 is 15.2 Å². The molecule has 0 aromatic heterocycles. The maximum atomic E-state index is 14.3. The maximum absolute atomic E-state index is 14.3. The third-order valence-corrected chi connectivity index (χ3v) is 6.92. The van der Waals surface area contributed by atoms with Crippen molar-refractivity contribution in [3.63, 3.8) is 0 Å². The van der Waals surface area contributed by atoms with E-state index in [1.54, 1.807) is 0 Å². The molecule has 0 saturated carbocycles. The molecular formula is C28H39FN2O4. The Morgan fingerprint density at radius 3 is 2.20 bits per heavy atom. The number of rotatable bonds is 10. The van der Waals surface area contributed by atoms with Crippen molar-refractivity contribution in [2.45, 2.75) is 91.6 Å². The number of nitrogens with zero attached hydrogens (tertiary/aromatic N) is 1. The van der Waals surface area contributed by atoms with Gasteiger partial charge in [0.1, 0.15) is 17.2 Å². The third-order valence-electron chi connectivity index (χ3n) is 6.92. The van der Waals surface area contributed by atoms with Crippen LogP contribution in [0.25, 0.3) is 0 Å². The highest BCUT2D eigenvalue weighted by molar-refractivity contribution is 6.01. The molecule has 1 atom stereocenters. The first-order valence-corrected chi connectivity index (χ1v) is 12.2. The highest BCUT2D eigenvalue weighted by Crippen LogP contribution is 2.39. The van der Waals surface area contributed by atoms with Crippen LogP contribution < -0.4 is 15.2 Å². The smallest absolute Gasteiger partial charge is 0.265 e. The summed E-state index contributed by atoms with van der Waals surface area (Å²) in [6, 6.07) is 9.81. The number of hydrogen-bond acceptors (Lipinski definition) is 4. The second kappa shape index (κ2) is 11.1. The van der Waals surface area contributed by atoms with Crippen LogP contribution in [0.4, 0.5) is 15.9 Å². The molecule has 7 heteroatoms. The van der Waals surface area contributed by atoms with E-state index >= 15 is 0 Å². The molecular weight excluding hydrogens is 447 g/mol. The van der Waals surface area contributed by atoms with Crippen molar-refractivity contribution in [3.8, 4) is 11.5 Å². The number of amides is 2. The number of anilines is 2. The molecule has 0 aliphatic carbocycles. The topological polar surface area (TPSA) is 78.9 Å². The lowest BCUT2D eigenvalue weighted by Gasteiger charge is -2.31. The van der Waals surface area contributed by atoms with Gasteiger partial charge in [-0.3, -0.25) is 9.59 Å². The normalized spacial score (nSPS) is 12.7. The number of hydrogen-bond donors (Lipinski definition) is 2. The fraction of sp³-hybridized carbons (Fsp3) is 0.500. The predicted octanol–water partition coefficient (Wildman–Crippen LogP) is 6.80. The van der Waals surface area contributed by atoms with Gasteiger partial charge in [-0.2, -0.15) is 0 Å². The molecule has 35 heavy (non-hydrogen) atoms. The van der Waals surface area contributed by atoms with E-state index < -0.39 is 17.9 Å². The molecule has 2 aromatic carbocycles. The number of carbonyl (C=O) groups is 2. The standard InChI is InChI=1S/C28H39FN2O4/c1-9-24(26(34)30-22-17-20(33)13-14-23(22)31(29)18(4)32)35-25-15-12-19(27(5,6)10-2)16-21(25)28(7,8)11-3/h12-17,24,33H,9-11H2,1-8H3,(H,30,34). The van der Waals surface area contributed by atoms with E-state index in [2.05, 4.69) is 52.9 Å². The van der Waals surface area contributed by atoms with E-state index in [4.69, 9.17) is 4.74 Å². The number of phenols is 1. The van der Waals surface area contributed by atoms with Crippen LogP contribution in [0.2, 0.25) is 0 Å². The Labute approximate surface area is 208 Å². The molecule has 2 rings (SSSR count). The molecule has 0 aliphatic rings. The molecule has 0 aliphatic heterocycles. The predicted molar refractivity (Wildman–Crippen MR) is 139 cm³/mol. The fourth-order valence-electron chi connectivity index (χ4n) is 3.63. The SMILES string of the molecule is CCC(Oc1ccc(C(C)(C)CC)cc1C(C)(C)CC)C(=O)Nc1cc(O)ccc1N(F)C(C)=O. The lowest BCUT2D eigenvalue weighted by Crippen LogP contribution is -2.34. The Kier molecular flexibility index (Phi) is 8.93. The Hall–Kier alpha value is -3.09. The monoisotopic (exact) mass is 486 g/mol. The lowest BCUT2D eigenvalue weighted by atomic mass is 9.76. The minimum Gasteiger partial charge on any atom is -0.508 e. The van der Waals surface area contributed by atoms with E-state index in [0.717, 1.165) is 25.3 Å². The largest absolute Gasteiger partial charge is 0.508 e. The van der Waals surface area contributed by atoms with E-state index in [1.165, 1.54) is 23.8 Å². The van der Waals surface area contributed by atoms with E-state index in [0.29, 0.717) is 12.2 Å². The molecule has 0 heterocycles. The van der Waals surface area contributed by atoms with Gasteiger partial charge in [0.05, 0.1) is 5.69 Å². The first-order valence-electron chi connectivity index (χ1n) is 12.2. The summed E-state index contributed by atoms with van der Waals surface area (Å²) >= 11 is 0. The van der Waals surface area contributed by atoms with Crippen molar-refractivity contribution >= 4 is 23.2 Å². The number of carbonyl (C=O) groups excluding carboxylic acids is 2. The summed E-state index contributed by atoms with van der Waals surface area (Å²) in [6.45, 7) is 15.9. The van der Waals surface area contributed by atoms with Crippen LogP contribution >= 0.6 is 0 Å². The van der Waals surface area contributed by atoms with Gasteiger partial charge in [0, 0.05) is 18.6 Å². The van der Waals surface area contributed by atoms with Gasteiger partial charge in [-0.25, -0.2) is 0 Å². The molecule has 0 fully saturated rings. The van der Waals surface area contributed by atoms with Crippen molar-refractivity contribution in [2.75, 3.05) is 10.4 Å². The van der Waals surface area contributed by atoms with Crippen LogP contribution in [-0.2, 0) is 20.4 Å². The van der Waals surface area contributed by atoms with Crippen LogP contribution in [0.3, 0.4) is 0 Å². The molecule has 2 aromatic rings. The summed E-state index contributed by atoms with van der Waals surface area (Å²) in [5.74, 6) is -0.900. The molecule has 2 amide bonds. The highest BCUT2D eigenvalue weighted by atomic mass is 19.2. The summed E-state index contributed by atoms with van der Waals surface area (Å²) in [4.78, 5) is 24.7. The van der Waals surface area contributed by atoms with Gasteiger partial charge in [0.15, 0.2) is 6.10 Å². The van der Waals surface area contributed by atoms with E-state index in [-0.39, 0.29) is 33.1 Å². The van der Waals surface area contributed by atoms with Gasteiger partial charge in [-0.05, 0) is 53.9 Å². The zero-order valence-electron chi connectivity index (χ0n) is 22.2. The zero-order valence-corrected chi connectivity index (χ0v) is 22.2. The fourth-order valence-corrected chi connectivity index (χ4v) is 3.63. The van der Waals surface area contributed by atoms with Crippen LogP contribution in [0, 0.1) is 0 Å². The van der Waals surface area contributed by atoms with Crippen LogP contribution in [0.1, 0.15) is 85.8 Å². The molecule has 2 N–H and O–H groups in total.